The number of amides is 2. The quantitative estimate of drug-likeness (QED) is 0.751. The lowest BCUT2D eigenvalue weighted by molar-refractivity contribution is -0.121. The maximum atomic E-state index is 13.0. The number of nitrogens with one attached hydrogen (secondary N) is 1. The highest BCUT2D eigenvalue weighted by atomic mass is 32.1. The van der Waals surface area contributed by atoms with E-state index >= 15 is 0 Å². The third-order valence-corrected chi connectivity index (χ3v) is 5.51. The van der Waals surface area contributed by atoms with E-state index in [2.05, 4.69) is 10.3 Å². The second kappa shape index (κ2) is 8.10. The molecule has 0 saturated carbocycles. The average Bonchev–Trinajstić information content (AvgIpc) is 3.19. The third-order valence-electron chi connectivity index (χ3n) is 4.63. The predicted octanol–water partition coefficient (Wildman–Crippen LogP) is 3.25. The molecular formula is C20H23N3O4S. The van der Waals surface area contributed by atoms with E-state index in [0.29, 0.717) is 28.5 Å². The number of hydrogen-bond acceptors (Lipinski definition) is 6. The smallest absolute Gasteiger partial charge is 0.357 e. The van der Waals surface area contributed by atoms with E-state index in [4.69, 9.17) is 4.74 Å². The minimum atomic E-state index is -0.620. The highest BCUT2D eigenvalue weighted by molar-refractivity contribution is 7.16. The molecule has 0 radical (unpaired) electrons. The third kappa shape index (κ3) is 3.91. The Bertz CT molecular complexity index is 922. The molecule has 1 N–H and O–H groups in total. The first-order chi connectivity index (χ1) is 13.3. The fourth-order valence-corrected chi connectivity index (χ4v) is 4.08. The molecule has 3 rings (SSSR count). The van der Waals surface area contributed by atoms with Gasteiger partial charge in [0, 0.05) is 17.0 Å². The zero-order valence-corrected chi connectivity index (χ0v) is 17.1. The zero-order valence-electron chi connectivity index (χ0n) is 16.3. The van der Waals surface area contributed by atoms with Gasteiger partial charge in [0.05, 0.1) is 7.11 Å². The molecule has 2 heterocycles. The molecule has 1 aromatic carbocycles. The van der Waals surface area contributed by atoms with E-state index in [1.54, 1.807) is 17.9 Å². The van der Waals surface area contributed by atoms with Crippen molar-refractivity contribution in [2.45, 2.75) is 39.8 Å². The Kier molecular flexibility index (Phi) is 5.79. The molecule has 1 aromatic heterocycles. The number of anilines is 1. The molecule has 1 atom stereocenters. The summed E-state index contributed by atoms with van der Waals surface area (Å²) < 4.78 is 4.71. The number of methoxy groups -OCH3 is 1. The first kappa shape index (κ1) is 20.0. The molecule has 2 amide bonds. The van der Waals surface area contributed by atoms with Crippen LogP contribution in [0.5, 0.6) is 0 Å². The topological polar surface area (TPSA) is 88.6 Å². The fourth-order valence-electron chi connectivity index (χ4n) is 3.28. The lowest BCUT2D eigenvalue weighted by Crippen LogP contribution is -2.45. The number of esters is 1. The van der Waals surface area contributed by atoms with Gasteiger partial charge >= 0.3 is 5.97 Å². The van der Waals surface area contributed by atoms with Crippen molar-refractivity contribution in [2.24, 2.45) is 5.92 Å². The number of benzene rings is 1. The van der Waals surface area contributed by atoms with Gasteiger partial charge in [0.25, 0.3) is 5.91 Å². The number of aryl methyl sites for hydroxylation is 1. The second-order valence-electron chi connectivity index (χ2n) is 7.14. The second-order valence-corrected chi connectivity index (χ2v) is 8.34. The maximum Gasteiger partial charge on any atom is 0.357 e. The van der Waals surface area contributed by atoms with Crippen LogP contribution < -0.4 is 5.32 Å². The van der Waals surface area contributed by atoms with Gasteiger partial charge in [-0.05, 0) is 30.9 Å². The fraction of sp³-hybridized carbons (Fsp3) is 0.400. The van der Waals surface area contributed by atoms with Crippen LogP contribution in [0.4, 0.5) is 5.13 Å². The van der Waals surface area contributed by atoms with Gasteiger partial charge in [-0.25, -0.2) is 9.78 Å². The molecule has 148 valence electrons. The molecule has 2 aromatic rings. The lowest BCUT2D eigenvalue weighted by Gasteiger charge is -2.27. The molecule has 1 aliphatic rings. The van der Waals surface area contributed by atoms with Gasteiger partial charge in [-0.1, -0.05) is 32.0 Å². The Morgan fingerprint density at radius 3 is 2.68 bits per heavy atom. The number of carbonyl (C=O) groups is 3. The van der Waals surface area contributed by atoms with Crippen molar-refractivity contribution >= 4 is 34.3 Å². The number of hydrogen-bond donors (Lipinski definition) is 1. The van der Waals surface area contributed by atoms with E-state index in [0.717, 1.165) is 5.56 Å². The molecule has 1 aliphatic heterocycles. The molecule has 28 heavy (non-hydrogen) atoms. The van der Waals surface area contributed by atoms with Crippen LogP contribution in [0.25, 0.3) is 0 Å². The van der Waals surface area contributed by atoms with E-state index in [9.17, 15) is 14.4 Å². The monoisotopic (exact) mass is 401 g/mol. The van der Waals surface area contributed by atoms with Crippen molar-refractivity contribution in [3.63, 3.8) is 0 Å². The van der Waals surface area contributed by atoms with Gasteiger partial charge in [-0.3, -0.25) is 9.59 Å². The lowest BCUT2D eigenvalue weighted by atomic mass is 10.0. The summed E-state index contributed by atoms with van der Waals surface area (Å²) in [4.78, 5) is 44.1. The first-order valence-electron chi connectivity index (χ1n) is 9.07. The predicted molar refractivity (Wildman–Crippen MR) is 106 cm³/mol. The minimum Gasteiger partial charge on any atom is -0.464 e. The summed E-state index contributed by atoms with van der Waals surface area (Å²) in [7, 11) is 1.29. The normalized spacial score (nSPS) is 14.2. The summed E-state index contributed by atoms with van der Waals surface area (Å²) >= 11 is 1.21. The molecule has 0 spiro atoms. The SMILES string of the molecule is COC(=O)c1nc(NC(=O)[C@H](CC(C)C)N2Cc3ccccc3C2=O)sc1C. The molecular weight excluding hydrogens is 378 g/mol. The van der Waals surface area contributed by atoms with Crippen molar-refractivity contribution < 1.29 is 19.1 Å². The van der Waals surface area contributed by atoms with Crippen LogP contribution in [-0.2, 0) is 16.1 Å². The van der Waals surface area contributed by atoms with Crippen molar-refractivity contribution in [3.8, 4) is 0 Å². The number of rotatable bonds is 6. The zero-order chi connectivity index (χ0) is 20.4. The summed E-state index contributed by atoms with van der Waals surface area (Å²) in [5.74, 6) is -0.768. The van der Waals surface area contributed by atoms with Crippen LogP contribution in [0.2, 0.25) is 0 Å². The van der Waals surface area contributed by atoms with Gasteiger partial charge in [0.1, 0.15) is 6.04 Å². The number of carbonyl (C=O) groups excluding carboxylic acids is 3. The van der Waals surface area contributed by atoms with Crippen LogP contribution in [-0.4, -0.2) is 40.8 Å². The summed E-state index contributed by atoms with van der Waals surface area (Å²) in [5, 5.41) is 3.10. The highest BCUT2D eigenvalue weighted by Gasteiger charge is 2.36. The van der Waals surface area contributed by atoms with Crippen LogP contribution in [0.1, 0.15) is 51.6 Å². The molecule has 0 aliphatic carbocycles. The Balaban J connectivity index is 1.82. The number of ether oxygens (including phenoxy) is 1. The van der Waals surface area contributed by atoms with Crippen LogP contribution in [0.15, 0.2) is 24.3 Å². The summed E-state index contributed by atoms with van der Waals surface area (Å²) in [5.41, 5.74) is 1.75. The van der Waals surface area contributed by atoms with E-state index in [1.165, 1.54) is 18.4 Å². The van der Waals surface area contributed by atoms with E-state index < -0.39 is 12.0 Å². The molecule has 0 saturated heterocycles. The van der Waals surface area contributed by atoms with Gasteiger partial charge in [-0.2, -0.15) is 0 Å². The largest absolute Gasteiger partial charge is 0.464 e. The van der Waals surface area contributed by atoms with Gasteiger partial charge in [0.15, 0.2) is 10.8 Å². The van der Waals surface area contributed by atoms with Gasteiger partial charge < -0.3 is 15.0 Å². The summed E-state index contributed by atoms with van der Waals surface area (Å²) in [6.45, 7) is 6.17. The molecule has 0 bridgehead atoms. The number of nitrogens with zero attached hydrogens (tertiary/aromatic N) is 2. The standard InChI is InChI=1S/C20H23N3O4S/c1-11(2)9-15(23-10-13-7-5-6-8-14(13)18(23)25)17(24)22-20-21-16(12(3)28-20)19(26)27-4/h5-8,11,15H,9-10H2,1-4H3,(H,21,22,24)/t15-/m0/s1. The molecule has 0 fully saturated rings. The van der Waals surface area contributed by atoms with Gasteiger partial charge in [0.2, 0.25) is 5.91 Å². The van der Waals surface area contributed by atoms with Crippen molar-refractivity contribution in [3.05, 3.63) is 46.0 Å². The van der Waals surface area contributed by atoms with Crippen LogP contribution in [0, 0.1) is 12.8 Å². The van der Waals surface area contributed by atoms with Crippen molar-refractivity contribution in [2.75, 3.05) is 12.4 Å². The van der Waals surface area contributed by atoms with E-state index in [-0.39, 0.29) is 23.4 Å². The molecule has 7 nitrogen and oxygen atoms in total. The Morgan fingerprint density at radius 1 is 1.32 bits per heavy atom. The summed E-state index contributed by atoms with van der Waals surface area (Å²) in [6, 6.07) is 6.79. The minimum absolute atomic E-state index is 0.137. The molecule has 8 heteroatoms. The molecule has 0 unspecified atom stereocenters. The number of fused-ring (bicyclic) bond motifs is 1. The number of aromatic nitrogens is 1. The maximum absolute atomic E-state index is 13.0. The van der Waals surface area contributed by atoms with E-state index in [1.807, 2.05) is 32.0 Å². The Hall–Kier alpha value is -2.74. The van der Waals surface area contributed by atoms with Crippen molar-refractivity contribution in [1.82, 2.24) is 9.88 Å². The van der Waals surface area contributed by atoms with Gasteiger partial charge in [-0.15, -0.1) is 11.3 Å². The highest BCUT2D eigenvalue weighted by Crippen LogP contribution is 2.28. The van der Waals surface area contributed by atoms with Crippen LogP contribution >= 0.6 is 11.3 Å². The first-order valence-corrected chi connectivity index (χ1v) is 9.89. The Labute approximate surface area is 167 Å². The summed E-state index contributed by atoms with van der Waals surface area (Å²) in [6.07, 6.45) is 0.528. The van der Waals surface area contributed by atoms with Crippen molar-refractivity contribution in [1.29, 1.82) is 0 Å². The average molecular weight is 401 g/mol. The Morgan fingerprint density at radius 2 is 2.04 bits per heavy atom. The number of thiazole rings is 1. The van der Waals surface area contributed by atoms with Crippen LogP contribution in [0.3, 0.4) is 0 Å².